The van der Waals surface area contributed by atoms with E-state index in [0.717, 1.165) is 25.9 Å². The predicted octanol–water partition coefficient (Wildman–Crippen LogP) is 0.971. The highest BCUT2D eigenvalue weighted by Gasteiger charge is 2.26. The second kappa shape index (κ2) is 5.32. The number of aromatic nitrogens is 1. The van der Waals surface area contributed by atoms with Gasteiger partial charge in [-0.1, -0.05) is 5.16 Å². The van der Waals surface area contributed by atoms with Crippen LogP contribution in [0.5, 0.6) is 0 Å². The molecule has 6 heteroatoms. The zero-order valence-electron chi connectivity index (χ0n) is 9.16. The highest BCUT2D eigenvalue weighted by Crippen LogP contribution is 2.29. The molecule has 1 amide bonds. The van der Waals surface area contributed by atoms with Gasteiger partial charge in [-0.05, 0) is 32.9 Å². The summed E-state index contributed by atoms with van der Waals surface area (Å²) in [7, 11) is 0. The van der Waals surface area contributed by atoms with Gasteiger partial charge >= 0.3 is 0 Å². The maximum atomic E-state index is 11.3. The van der Waals surface area contributed by atoms with Crippen LogP contribution in [0.25, 0.3) is 0 Å². The predicted molar refractivity (Wildman–Crippen MR) is 61.9 cm³/mol. The van der Waals surface area contributed by atoms with Crippen molar-refractivity contribution in [3.8, 4) is 0 Å². The van der Waals surface area contributed by atoms with E-state index in [1.165, 1.54) is 0 Å². The molecule has 1 aromatic rings. The van der Waals surface area contributed by atoms with Gasteiger partial charge < -0.3 is 15.6 Å². The normalized spacial score (nSPS) is 16.8. The highest BCUT2D eigenvalue weighted by atomic mass is 35.5. The molecule has 2 rings (SSSR count). The van der Waals surface area contributed by atoms with Gasteiger partial charge in [-0.25, -0.2) is 0 Å². The minimum atomic E-state index is -0.442. The molecule has 0 saturated carbocycles. The van der Waals surface area contributed by atoms with Gasteiger partial charge in [0.1, 0.15) is 5.56 Å². The van der Waals surface area contributed by atoms with Gasteiger partial charge in [-0.2, -0.15) is 0 Å². The quantitative estimate of drug-likeness (QED) is 0.814. The molecule has 0 atom stereocenters. The van der Waals surface area contributed by atoms with Crippen molar-refractivity contribution in [1.29, 1.82) is 0 Å². The van der Waals surface area contributed by atoms with Gasteiger partial charge in [0.15, 0.2) is 5.76 Å². The Morgan fingerprint density at radius 3 is 2.69 bits per heavy atom. The van der Waals surface area contributed by atoms with Crippen LogP contribution in [0.1, 0.15) is 40.6 Å². The van der Waals surface area contributed by atoms with Crippen LogP contribution in [0, 0.1) is 6.92 Å². The molecule has 0 aromatic carbocycles. The van der Waals surface area contributed by atoms with Crippen LogP contribution in [0.15, 0.2) is 4.52 Å². The molecular weight excluding hydrogens is 230 g/mol. The summed E-state index contributed by atoms with van der Waals surface area (Å²) in [5.74, 6) is 0.499. The smallest absolute Gasteiger partial charge is 0.254 e. The third-order valence-electron chi connectivity index (χ3n) is 2.85. The minimum absolute atomic E-state index is 0. The van der Waals surface area contributed by atoms with Crippen LogP contribution in [0.2, 0.25) is 0 Å². The molecular formula is C10H16ClN3O2. The minimum Gasteiger partial charge on any atom is -0.365 e. The average Bonchev–Trinajstić information content (AvgIpc) is 2.61. The number of nitrogens with one attached hydrogen (secondary N) is 1. The first-order chi connectivity index (χ1) is 7.20. The largest absolute Gasteiger partial charge is 0.365 e. The Morgan fingerprint density at radius 2 is 2.12 bits per heavy atom. The van der Waals surface area contributed by atoms with Crippen molar-refractivity contribution in [2.75, 3.05) is 13.1 Å². The number of amides is 1. The Labute approximate surface area is 100 Å². The summed E-state index contributed by atoms with van der Waals surface area (Å²) in [4.78, 5) is 11.3. The molecule has 0 spiro atoms. The Hall–Kier alpha value is -1.07. The molecule has 0 unspecified atom stereocenters. The monoisotopic (exact) mass is 245 g/mol. The van der Waals surface area contributed by atoms with E-state index >= 15 is 0 Å². The van der Waals surface area contributed by atoms with Crippen LogP contribution in [0.3, 0.4) is 0 Å². The van der Waals surface area contributed by atoms with Gasteiger partial charge in [-0.15, -0.1) is 12.4 Å². The third kappa shape index (κ3) is 2.36. The second-order valence-corrected chi connectivity index (χ2v) is 3.90. The number of aryl methyl sites for hydroxylation is 1. The number of hydrogen-bond donors (Lipinski definition) is 2. The van der Waals surface area contributed by atoms with Crippen molar-refractivity contribution in [2.45, 2.75) is 25.7 Å². The zero-order chi connectivity index (χ0) is 10.8. The molecule has 1 aliphatic rings. The molecule has 0 radical (unpaired) electrons. The molecule has 90 valence electrons. The van der Waals surface area contributed by atoms with E-state index in [9.17, 15) is 4.79 Å². The number of carbonyl (C=O) groups excluding carboxylic acids is 1. The van der Waals surface area contributed by atoms with Crippen molar-refractivity contribution in [2.24, 2.45) is 5.73 Å². The number of rotatable bonds is 2. The van der Waals surface area contributed by atoms with Crippen LogP contribution >= 0.6 is 12.4 Å². The summed E-state index contributed by atoms with van der Waals surface area (Å²) < 4.78 is 5.22. The van der Waals surface area contributed by atoms with E-state index in [0.29, 0.717) is 17.0 Å². The van der Waals surface area contributed by atoms with Crippen molar-refractivity contribution < 1.29 is 9.32 Å². The van der Waals surface area contributed by atoms with E-state index in [4.69, 9.17) is 10.3 Å². The second-order valence-electron chi connectivity index (χ2n) is 3.90. The molecule has 0 bridgehead atoms. The van der Waals surface area contributed by atoms with Gasteiger partial charge in [0.25, 0.3) is 5.91 Å². The molecule has 5 nitrogen and oxygen atoms in total. The van der Waals surface area contributed by atoms with Crippen molar-refractivity contribution in [3.05, 3.63) is 17.0 Å². The molecule has 3 N–H and O–H groups in total. The molecule has 16 heavy (non-hydrogen) atoms. The van der Waals surface area contributed by atoms with Gasteiger partial charge in [0, 0.05) is 5.92 Å². The molecule has 1 saturated heterocycles. The molecule has 2 heterocycles. The van der Waals surface area contributed by atoms with E-state index in [1.54, 1.807) is 6.92 Å². The fraction of sp³-hybridized carbons (Fsp3) is 0.600. The van der Waals surface area contributed by atoms with Crippen LogP contribution in [0.4, 0.5) is 0 Å². The van der Waals surface area contributed by atoms with E-state index < -0.39 is 5.91 Å². The van der Waals surface area contributed by atoms with E-state index in [1.807, 2.05) is 0 Å². The highest BCUT2D eigenvalue weighted by molar-refractivity contribution is 5.94. The molecule has 1 aliphatic heterocycles. The van der Waals surface area contributed by atoms with Crippen LogP contribution in [-0.4, -0.2) is 24.2 Å². The lowest BCUT2D eigenvalue weighted by Crippen LogP contribution is -2.27. The van der Waals surface area contributed by atoms with E-state index in [2.05, 4.69) is 10.5 Å². The summed E-state index contributed by atoms with van der Waals surface area (Å²) >= 11 is 0. The summed E-state index contributed by atoms with van der Waals surface area (Å²) in [6.45, 7) is 3.64. The summed E-state index contributed by atoms with van der Waals surface area (Å²) in [5, 5.41) is 7.08. The fourth-order valence-electron chi connectivity index (χ4n) is 2.05. The number of primary amides is 1. The Balaban J connectivity index is 0.00000128. The number of nitrogens with two attached hydrogens (primary N) is 1. The van der Waals surface area contributed by atoms with Crippen molar-refractivity contribution in [3.63, 3.8) is 0 Å². The van der Waals surface area contributed by atoms with Crippen molar-refractivity contribution >= 4 is 18.3 Å². The molecule has 1 aromatic heterocycles. The number of halogens is 1. The van der Waals surface area contributed by atoms with Crippen molar-refractivity contribution in [1.82, 2.24) is 10.5 Å². The third-order valence-corrected chi connectivity index (χ3v) is 2.85. The standard InChI is InChI=1S/C10H15N3O2.ClH/c1-6-8(10(11)14)9(15-13-6)7-2-4-12-5-3-7;/h7,12H,2-5H2,1H3,(H2,11,14);1H. The first-order valence-electron chi connectivity index (χ1n) is 5.17. The maximum Gasteiger partial charge on any atom is 0.254 e. The number of nitrogens with zero attached hydrogens (tertiary/aromatic N) is 1. The maximum absolute atomic E-state index is 11.3. The first kappa shape index (κ1) is 13.0. The summed E-state index contributed by atoms with van der Waals surface area (Å²) in [6.07, 6.45) is 1.93. The number of hydrogen-bond acceptors (Lipinski definition) is 4. The van der Waals surface area contributed by atoms with Gasteiger partial charge in [-0.3, -0.25) is 4.79 Å². The lowest BCUT2D eigenvalue weighted by atomic mass is 9.92. The zero-order valence-corrected chi connectivity index (χ0v) is 9.97. The Kier molecular flexibility index (Phi) is 4.32. The molecule has 0 aliphatic carbocycles. The SMILES string of the molecule is Cc1noc(C2CCNCC2)c1C(N)=O.Cl. The number of carbonyl (C=O) groups is 1. The summed E-state index contributed by atoms with van der Waals surface area (Å²) in [5.41, 5.74) is 6.38. The van der Waals surface area contributed by atoms with Gasteiger partial charge in [0.05, 0.1) is 5.69 Å². The topological polar surface area (TPSA) is 81.2 Å². The lowest BCUT2D eigenvalue weighted by molar-refractivity contribution is 0.0996. The van der Waals surface area contributed by atoms with Gasteiger partial charge in [0.2, 0.25) is 0 Å². The first-order valence-corrected chi connectivity index (χ1v) is 5.17. The molecule has 1 fully saturated rings. The van der Waals surface area contributed by atoms with Crippen LogP contribution < -0.4 is 11.1 Å². The fourth-order valence-corrected chi connectivity index (χ4v) is 2.05. The lowest BCUT2D eigenvalue weighted by Gasteiger charge is -2.20. The number of piperidine rings is 1. The Bertz CT molecular complexity index is 372. The average molecular weight is 246 g/mol. The van der Waals surface area contributed by atoms with Crippen LogP contribution in [-0.2, 0) is 0 Å². The Morgan fingerprint density at radius 1 is 1.50 bits per heavy atom. The van der Waals surface area contributed by atoms with E-state index in [-0.39, 0.29) is 18.3 Å². The summed E-state index contributed by atoms with van der Waals surface area (Å²) in [6, 6.07) is 0.